The highest BCUT2D eigenvalue weighted by Gasteiger charge is 2.15. The Bertz CT molecular complexity index is 953. The minimum absolute atomic E-state index is 0.282. The lowest BCUT2D eigenvalue weighted by atomic mass is 10.1. The molecule has 3 aromatic rings. The molecule has 7 nitrogen and oxygen atoms in total. The average Bonchev–Trinajstić information content (AvgIpc) is 2.74. The first kappa shape index (κ1) is 17.2. The smallest absolute Gasteiger partial charge is 0.275 e. The van der Waals surface area contributed by atoms with E-state index < -0.39 is 0 Å². The zero-order chi connectivity index (χ0) is 18.6. The summed E-state index contributed by atoms with van der Waals surface area (Å²) in [6, 6.07) is 13.1. The van der Waals surface area contributed by atoms with Gasteiger partial charge in [-0.25, -0.2) is 9.97 Å². The van der Waals surface area contributed by atoms with Crippen molar-refractivity contribution in [1.29, 1.82) is 0 Å². The lowest BCUT2D eigenvalue weighted by molar-refractivity contribution is 0.102. The number of methoxy groups -OCH3 is 1. The standard InChI is InChI=1S/C20H20N4O3/c1-26-20-16-5-3-2-4-14(16)12-17(22-20)19(25)23-18-7-6-15(13-21-18)24-8-10-27-11-9-24/h2-7,12-13H,8-11H2,1H3,(H,21,23,25). The van der Waals surface area contributed by atoms with Crippen LogP contribution in [0, 0.1) is 0 Å². The van der Waals surface area contributed by atoms with Gasteiger partial charge in [0.2, 0.25) is 5.88 Å². The van der Waals surface area contributed by atoms with Crippen molar-refractivity contribution in [1.82, 2.24) is 9.97 Å². The molecule has 1 N–H and O–H groups in total. The van der Waals surface area contributed by atoms with E-state index >= 15 is 0 Å². The molecule has 1 aliphatic rings. The Balaban J connectivity index is 1.52. The Kier molecular flexibility index (Phi) is 4.84. The van der Waals surface area contributed by atoms with Crippen LogP contribution in [0.3, 0.4) is 0 Å². The molecule has 138 valence electrons. The Morgan fingerprint density at radius 2 is 2.00 bits per heavy atom. The molecule has 0 spiro atoms. The van der Waals surface area contributed by atoms with Gasteiger partial charge < -0.3 is 19.7 Å². The number of rotatable bonds is 4. The third-order valence-electron chi connectivity index (χ3n) is 4.50. The molecule has 1 fully saturated rings. The molecule has 0 radical (unpaired) electrons. The number of benzene rings is 1. The first-order valence-electron chi connectivity index (χ1n) is 8.78. The van der Waals surface area contributed by atoms with E-state index in [-0.39, 0.29) is 11.6 Å². The van der Waals surface area contributed by atoms with E-state index in [2.05, 4.69) is 20.2 Å². The van der Waals surface area contributed by atoms with Gasteiger partial charge in [0.05, 0.1) is 32.2 Å². The molecule has 27 heavy (non-hydrogen) atoms. The zero-order valence-electron chi connectivity index (χ0n) is 15.0. The monoisotopic (exact) mass is 364 g/mol. The molecular weight excluding hydrogens is 344 g/mol. The summed E-state index contributed by atoms with van der Waals surface area (Å²) in [6.07, 6.45) is 1.76. The van der Waals surface area contributed by atoms with Crippen molar-refractivity contribution in [3.63, 3.8) is 0 Å². The number of hydrogen-bond acceptors (Lipinski definition) is 6. The highest BCUT2D eigenvalue weighted by atomic mass is 16.5. The minimum Gasteiger partial charge on any atom is -0.481 e. The number of pyridine rings is 2. The van der Waals surface area contributed by atoms with Gasteiger partial charge in [-0.1, -0.05) is 18.2 Å². The van der Waals surface area contributed by atoms with Crippen LogP contribution in [0.25, 0.3) is 10.8 Å². The number of carbonyl (C=O) groups excluding carboxylic acids is 1. The van der Waals surface area contributed by atoms with Crippen molar-refractivity contribution in [2.24, 2.45) is 0 Å². The summed E-state index contributed by atoms with van der Waals surface area (Å²) in [7, 11) is 1.54. The minimum atomic E-state index is -0.328. The van der Waals surface area contributed by atoms with Gasteiger partial charge in [-0.2, -0.15) is 0 Å². The molecule has 0 unspecified atom stereocenters. The number of nitrogens with one attached hydrogen (secondary N) is 1. The van der Waals surface area contributed by atoms with Crippen LogP contribution < -0.4 is 15.0 Å². The predicted octanol–water partition coefficient (Wildman–Crippen LogP) is 2.73. The molecule has 7 heteroatoms. The maximum absolute atomic E-state index is 12.6. The highest BCUT2D eigenvalue weighted by Crippen LogP contribution is 2.24. The van der Waals surface area contributed by atoms with Crippen LogP contribution in [-0.2, 0) is 4.74 Å². The average molecular weight is 364 g/mol. The van der Waals surface area contributed by atoms with Gasteiger partial charge in [0.15, 0.2) is 0 Å². The van der Waals surface area contributed by atoms with Crippen molar-refractivity contribution in [3.8, 4) is 5.88 Å². The zero-order valence-corrected chi connectivity index (χ0v) is 15.0. The van der Waals surface area contributed by atoms with Crippen LogP contribution >= 0.6 is 0 Å². The lowest BCUT2D eigenvalue weighted by Gasteiger charge is -2.28. The quantitative estimate of drug-likeness (QED) is 0.767. The Hall–Kier alpha value is -3.19. The molecule has 0 aliphatic carbocycles. The second-order valence-corrected chi connectivity index (χ2v) is 6.19. The van der Waals surface area contributed by atoms with Gasteiger partial charge in [0.25, 0.3) is 5.91 Å². The van der Waals surface area contributed by atoms with Crippen LogP contribution in [0.1, 0.15) is 10.5 Å². The SMILES string of the molecule is COc1nc(C(=O)Nc2ccc(N3CCOCC3)cn2)cc2ccccc12. The van der Waals surface area contributed by atoms with Crippen LogP contribution in [0.5, 0.6) is 5.88 Å². The van der Waals surface area contributed by atoms with Gasteiger partial charge in [-0.15, -0.1) is 0 Å². The number of ether oxygens (including phenoxy) is 2. The molecule has 0 bridgehead atoms. The first-order chi connectivity index (χ1) is 13.2. The molecule has 1 amide bonds. The number of fused-ring (bicyclic) bond motifs is 1. The largest absolute Gasteiger partial charge is 0.481 e. The summed E-state index contributed by atoms with van der Waals surface area (Å²) in [5.41, 5.74) is 1.30. The van der Waals surface area contributed by atoms with Crippen LogP contribution in [0.4, 0.5) is 11.5 Å². The fraction of sp³-hybridized carbons (Fsp3) is 0.250. The summed E-state index contributed by atoms with van der Waals surface area (Å²) in [5.74, 6) is 0.575. The van der Waals surface area contributed by atoms with Crippen LogP contribution in [0.15, 0.2) is 48.7 Å². The number of carbonyl (C=O) groups is 1. The molecule has 1 aromatic carbocycles. The summed E-state index contributed by atoms with van der Waals surface area (Å²) in [4.78, 5) is 23.5. The van der Waals surface area contributed by atoms with Gasteiger partial charge in [0.1, 0.15) is 11.5 Å². The molecule has 2 aromatic heterocycles. The summed E-state index contributed by atoms with van der Waals surface area (Å²) in [5, 5.41) is 4.55. The number of morpholine rings is 1. The van der Waals surface area contributed by atoms with E-state index in [1.807, 2.05) is 30.3 Å². The van der Waals surface area contributed by atoms with E-state index in [1.54, 1.807) is 25.4 Å². The lowest BCUT2D eigenvalue weighted by Crippen LogP contribution is -2.36. The number of anilines is 2. The normalized spacial score (nSPS) is 14.2. The van der Waals surface area contributed by atoms with Crippen molar-refractivity contribution < 1.29 is 14.3 Å². The third kappa shape index (κ3) is 3.68. The number of aromatic nitrogens is 2. The fourth-order valence-electron chi connectivity index (χ4n) is 3.09. The third-order valence-corrected chi connectivity index (χ3v) is 4.50. The van der Waals surface area contributed by atoms with Gasteiger partial charge in [-0.3, -0.25) is 4.79 Å². The van der Waals surface area contributed by atoms with E-state index in [9.17, 15) is 4.79 Å². The molecular formula is C20H20N4O3. The van der Waals surface area contributed by atoms with E-state index in [0.29, 0.717) is 24.9 Å². The maximum Gasteiger partial charge on any atom is 0.275 e. The van der Waals surface area contributed by atoms with Crippen molar-refractivity contribution in [2.75, 3.05) is 43.6 Å². The number of nitrogens with zero attached hydrogens (tertiary/aromatic N) is 3. The van der Waals surface area contributed by atoms with E-state index in [0.717, 1.165) is 29.5 Å². The molecule has 1 saturated heterocycles. The van der Waals surface area contributed by atoms with Gasteiger partial charge >= 0.3 is 0 Å². The molecule has 4 rings (SSSR count). The Morgan fingerprint density at radius 1 is 1.19 bits per heavy atom. The van der Waals surface area contributed by atoms with Gasteiger partial charge in [-0.05, 0) is 29.7 Å². The van der Waals surface area contributed by atoms with Crippen molar-refractivity contribution in [3.05, 3.63) is 54.4 Å². The molecule has 3 heterocycles. The molecule has 1 aliphatic heterocycles. The summed E-state index contributed by atoms with van der Waals surface area (Å²) < 4.78 is 10.7. The highest BCUT2D eigenvalue weighted by molar-refractivity contribution is 6.05. The van der Waals surface area contributed by atoms with Gasteiger partial charge in [0, 0.05) is 18.5 Å². The first-order valence-corrected chi connectivity index (χ1v) is 8.78. The van der Waals surface area contributed by atoms with Crippen LogP contribution in [0.2, 0.25) is 0 Å². The van der Waals surface area contributed by atoms with Crippen LogP contribution in [-0.4, -0.2) is 49.3 Å². The second-order valence-electron chi connectivity index (χ2n) is 6.19. The topological polar surface area (TPSA) is 76.6 Å². The molecule has 0 atom stereocenters. The van der Waals surface area contributed by atoms with Crippen molar-refractivity contribution >= 4 is 28.2 Å². The Labute approximate surface area is 156 Å². The summed E-state index contributed by atoms with van der Waals surface area (Å²) in [6.45, 7) is 3.12. The fourth-order valence-corrected chi connectivity index (χ4v) is 3.09. The van der Waals surface area contributed by atoms with E-state index in [1.165, 1.54) is 0 Å². The van der Waals surface area contributed by atoms with E-state index in [4.69, 9.17) is 9.47 Å². The maximum atomic E-state index is 12.6. The van der Waals surface area contributed by atoms with Crippen molar-refractivity contribution in [2.45, 2.75) is 0 Å². The number of amides is 1. The second kappa shape index (κ2) is 7.59. The number of hydrogen-bond donors (Lipinski definition) is 1. The molecule has 0 saturated carbocycles. The Morgan fingerprint density at radius 3 is 2.74 bits per heavy atom. The predicted molar refractivity (Wildman–Crippen MR) is 104 cm³/mol. The summed E-state index contributed by atoms with van der Waals surface area (Å²) >= 11 is 0.